The first-order valence-electron chi connectivity index (χ1n) is 5.27. The van der Waals surface area contributed by atoms with Crippen LogP contribution in [0.15, 0.2) is 33.9 Å². The van der Waals surface area contributed by atoms with Crippen molar-refractivity contribution < 1.29 is 14.1 Å². The van der Waals surface area contributed by atoms with Crippen LogP contribution in [0.5, 0.6) is 0 Å². The zero-order valence-electron chi connectivity index (χ0n) is 9.90. The van der Waals surface area contributed by atoms with Crippen LogP contribution in [0.2, 0.25) is 0 Å². The van der Waals surface area contributed by atoms with Gasteiger partial charge in [-0.15, -0.1) is 10.2 Å². The first kappa shape index (κ1) is 13.2. The van der Waals surface area contributed by atoms with E-state index in [4.69, 9.17) is 4.42 Å². The van der Waals surface area contributed by atoms with Crippen molar-refractivity contribution in [2.24, 2.45) is 0 Å². The van der Waals surface area contributed by atoms with Crippen molar-refractivity contribution in [3.05, 3.63) is 45.8 Å². The summed E-state index contributed by atoms with van der Waals surface area (Å²) >= 11 is 1.13. The van der Waals surface area contributed by atoms with Crippen molar-refractivity contribution in [2.75, 3.05) is 5.75 Å². The first-order valence-corrected chi connectivity index (χ1v) is 6.25. The van der Waals surface area contributed by atoms with E-state index in [1.165, 1.54) is 24.3 Å². The molecule has 0 saturated heterocycles. The van der Waals surface area contributed by atoms with Gasteiger partial charge in [0.1, 0.15) is 0 Å². The maximum Gasteiger partial charge on any atom is 0.277 e. The molecule has 8 heteroatoms. The summed E-state index contributed by atoms with van der Waals surface area (Å²) < 4.78 is 5.12. The molecular formula is C11H9N3O4S. The Morgan fingerprint density at radius 1 is 1.37 bits per heavy atom. The SMILES string of the molecule is Cc1nnc(SCC(=O)c2ccc([N+](=O)[O-])cc2)o1. The minimum atomic E-state index is -0.510. The van der Waals surface area contributed by atoms with E-state index in [1.54, 1.807) is 6.92 Å². The third-order valence-corrected chi connectivity index (χ3v) is 3.05. The number of non-ortho nitro benzene ring substituents is 1. The van der Waals surface area contributed by atoms with Crippen LogP contribution >= 0.6 is 11.8 Å². The fourth-order valence-electron chi connectivity index (χ4n) is 1.32. The minimum Gasteiger partial charge on any atom is -0.416 e. The molecule has 0 radical (unpaired) electrons. The predicted molar refractivity (Wildman–Crippen MR) is 67.2 cm³/mol. The Kier molecular flexibility index (Phi) is 3.91. The number of hydrogen-bond donors (Lipinski definition) is 0. The lowest BCUT2D eigenvalue weighted by atomic mass is 10.1. The van der Waals surface area contributed by atoms with Gasteiger partial charge in [-0.25, -0.2) is 0 Å². The molecule has 0 aliphatic rings. The molecular weight excluding hydrogens is 270 g/mol. The highest BCUT2D eigenvalue weighted by atomic mass is 32.2. The number of benzene rings is 1. The highest BCUT2D eigenvalue weighted by Crippen LogP contribution is 2.18. The second-order valence-corrected chi connectivity index (χ2v) is 4.53. The molecule has 2 rings (SSSR count). The number of nitro groups is 1. The molecule has 98 valence electrons. The molecule has 19 heavy (non-hydrogen) atoms. The summed E-state index contributed by atoms with van der Waals surface area (Å²) in [4.78, 5) is 21.8. The molecule has 0 atom stereocenters. The number of aryl methyl sites for hydroxylation is 1. The van der Waals surface area contributed by atoms with Gasteiger partial charge in [-0.2, -0.15) is 0 Å². The van der Waals surface area contributed by atoms with Gasteiger partial charge in [0.2, 0.25) is 5.89 Å². The van der Waals surface area contributed by atoms with Crippen LogP contribution < -0.4 is 0 Å². The van der Waals surface area contributed by atoms with Gasteiger partial charge in [0.15, 0.2) is 5.78 Å². The third kappa shape index (κ3) is 3.38. The van der Waals surface area contributed by atoms with Crippen LogP contribution in [0.3, 0.4) is 0 Å². The Morgan fingerprint density at radius 3 is 2.58 bits per heavy atom. The van der Waals surface area contributed by atoms with Crippen molar-refractivity contribution in [2.45, 2.75) is 12.1 Å². The van der Waals surface area contributed by atoms with Crippen molar-refractivity contribution in [1.82, 2.24) is 10.2 Å². The lowest BCUT2D eigenvalue weighted by Crippen LogP contribution is -2.02. The van der Waals surface area contributed by atoms with E-state index in [0.717, 1.165) is 11.8 Å². The number of thioether (sulfide) groups is 1. The summed E-state index contributed by atoms with van der Waals surface area (Å²) in [6, 6.07) is 5.46. The predicted octanol–water partition coefficient (Wildman–Crippen LogP) is 2.26. The topological polar surface area (TPSA) is 99.1 Å². The molecule has 0 bridgehead atoms. The molecule has 1 aromatic carbocycles. The van der Waals surface area contributed by atoms with Gasteiger partial charge in [-0.1, -0.05) is 11.8 Å². The molecule has 0 spiro atoms. The largest absolute Gasteiger partial charge is 0.416 e. The molecule has 0 amide bonds. The van der Waals surface area contributed by atoms with Crippen LogP contribution in [-0.2, 0) is 0 Å². The Bertz CT molecular complexity index is 609. The molecule has 0 saturated carbocycles. The van der Waals surface area contributed by atoms with Crippen molar-refractivity contribution in [3.8, 4) is 0 Å². The van der Waals surface area contributed by atoms with Crippen molar-refractivity contribution >= 4 is 23.2 Å². The smallest absolute Gasteiger partial charge is 0.277 e. The van der Waals surface area contributed by atoms with E-state index in [2.05, 4.69) is 10.2 Å². The Labute approximate surface area is 112 Å². The highest BCUT2D eigenvalue weighted by Gasteiger charge is 2.12. The summed E-state index contributed by atoms with van der Waals surface area (Å²) in [5, 5.41) is 18.2. The molecule has 0 unspecified atom stereocenters. The fraction of sp³-hybridized carbons (Fsp3) is 0.182. The highest BCUT2D eigenvalue weighted by molar-refractivity contribution is 7.99. The Balaban J connectivity index is 1.98. The number of carbonyl (C=O) groups excluding carboxylic acids is 1. The minimum absolute atomic E-state index is 0.0447. The summed E-state index contributed by atoms with van der Waals surface area (Å²) in [6.45, 7) is 1.66. The van der Waals surface area contributed by atoms with Gasteiger partial charge < -0.3 is 4.42 Å². The van der Waals surface area contributed by atoms with Gasteiger partial charge in [-0.3, -0.25) is 14.9 Å². The Morgan fingerprint density at radius 2 is 2.05 bits per heavy atom. The maximum atomic E-state index is 11.8. The number of hydrogen-bond acceptors (Lipinski definition) is 7. The summed E-state index contributed by atoms with van der Waals surface area (Å²) in [5.41, 5.74) is 0.367. The zero-order valence-corrected chi connectivity index (χ0v) is 10.7. The Hall–Kier alpha value is -2.22. The molecule has 0 aliphatic carbocycles. The van der Waals surface area contributed by atoms with E-state index in [9.17, 15) is 14.9 Å². The second-order valence-electron chi connectivity index (χ2n) is 3.60. The molecule has 1 heterocycles. The number of carbonyl (C=O) groups is 1. The quantitative estimate of drug-likeness (QED) is 0.358. The molecule has 2 aromatic rings. The van der Waals surface area contributed by atoms with Crippen molar-refractivity contribution in [1.29, 1.82) is 0 Å². The standard InChI is InChI=1S/C11H9N3O4S/c1-7-12-13-11(18-7)19-6-10(15)8-2-4-9(5-3-8)14(16)17/h2-5H,6H2,1H3. The normalized spacial score (nSPS) is 10.4. The van der Waals surface area contributed by atoms with Gasteiger partial charge in [0, 0.05) is 24.6 Å². The lowest BCUT2D eigenvalue weighted by molar-refractivity contribution is -0.384. The average Bonchev–Trinajstić information content (AvgIpc) is 2.82. The van der Waals surface area contributed by atoms with Crippen LogP contribution in [-0.4, -0.2) is 26.7 Å². The fourth-order valence-corrected chi connectivity index (χ4v) is 2.02. The number of Topliss-reactive ketones (excluding diaryl/α,β-unsaturated/α-hetero) is 1. The summed E-state index contributed by atoms with van der Waals surface area (Å²) in [7, 11) is 0. The molecule has 0 fully saturated rings. The van der Waals surface area contributed by atoms with Gasteiger partial charge >= 0.3 is 0 Å². The van der Waals surface area contributed by atoms with E-state index < -0.39 is 4.92 Å². The van der Waals surface area contributed by atoms with Crippen molar-refractivity contribution in [3.63, 3.8) is 0 Å². The first-order chi connectivity index (χ1) is 9.06. The van der Waals surface area contributed by atoms with E-state index in [-0.39, 0.29) is 17.2 Å². The monoisotopic (exact) mass is 279 g/mol. The maximum absolute atomic E-state index is 11.8. The van der Waals surface area contributed by atoms with E-state index in [0.29, 0.717) is 16.7 Å². The third-order valence-electron chi connectivity index (χ3n) is 2.23. The summed E-state index contributed by atoms with van der Waals surface area (Å²) in [5.74, 6) is 0.417. The van der Waals surface area contributed by atoms with E-state index >= 15 is 0 Å². The molecule has 0 N–H and O–H groups in total. The average molecular weight is 279 g/mol. The van der Waals surface area contributed by atoms with Gasteiger partial charge in [0.25, 0.3) is 10.9 Å². The molecule has 1 aromatic heterocycles. The number of rotatable bonds is 5. The molecule has 0 aliphatic heterocycles. The van der Waals surface area contributed by atoms with Crippen LogP contribution in [0, 0.1) is 17.0 Å². The van der Waals surface area contributed by atoms with Crippen LogP contribution in [0.4, 0.5) is 5.69 Å². The number of ketones is 1. The van der Waals surface area contributed by atoms with E-state index in [1.807, 2.05) is 0 Å². The van der Waals surface area contributed by atoms with Crippen LogP contribution in [0.1, 0.15) is 16.2 Å². The molecule has 7 nitrogen and oxygen atoms in total. The lowest BCUT2D eigenvalue weighted by Gasteiger charge is -1.98. The number of nitrogens with zero attached hydrogens (tertiary/aromatic N) is 3. The van der Waals surface area contributed by atoms with Crippen LogP contribution in [0.25, 0.3) is 0 Å². The number of aromatic nitrogens is 2. The summed E-state index contributed by atoms with van der Waals surface area (Å²) in [6.07, 6.45) is 0. The van der Waals surface area contributed by atoms with Gasteiger partial charge in [-0.05, 0) is 12.1 Å². The number of nitro benzene ring substituents is 1. The second kappa shape index (κ2) is 5.61. The zero-order chi connectivity index (χ0) is 13.8. The van der Waals surface area contributed by atoms with Gasteiger partial charge in [0.05, 0.1) is 10.7 Å².